The molecule has 0 unspecified atom stereocenters. The van der Waals surface area contributed by atoms with Gasteiger partial charge < -0.3 is 9.80 Å². The standard InChI is InChI=1S/C22H25N5O3/c1-15-4-8-26(9-5-15)22(28)16-6-10-25(11-7-16)21-12-17(14-23)19-13-18(27(29)30)2-3-20(19)24-21/h2-3,12-13,15-16H,4-11H2,1H3. The molecule has 0 aliphatic carbocycles. The molecule has 3 heterocycles. The highest BCUT2D eigenvalue weighted by atomic mass is 16.6. The Morgan fingerprint density at radius 3 is 2.50 bits per heavy atom. The minimum absolute atomic E-state index is 0.0493. The fourth-order valence-electron chi connectivity index (χ4n) is 4.41. The Morgan fingerprint density at radius 2 is 1.87 bits per heavy atom. The van der Waals surface area contributed by atoms with Crippen molar-refractivity contribution in [2.45, 2.75) is 32.6 Å². The quantitative estimate of drug-likeness (QED) is 0.570. The number of aromatic nitrogens is 1. The Hall–Kier alpha value is -3.21. The van der Waals surface area contributed by atoms with Crippen LogP contribution in [0, 0.1) is 33.3 Å². The molecule has 8 heteroatoms. The summed E-state index contributed by atoms with van der Waals surface area (Å²) in [5, 5.41) is 21.1. The number of piperidine rings is 2. The van der Waals surface area contributed by atoms with Gasteiger partial charge in [-0.15, -0.1) is 0 Å². The third kappa shape index (κ3) is 3.92. The van der Waals surface area contributed by atoms with Crippen LogP contribution in [0.25, 0.3) is 10.9 Å². The molecule has 0 atom stereocenters. The maximum absolute atomic E-state index is 12.9. The number of nitro benzene ring substituents is 1. The van der Waals surface area contributed by atoms with Crippen LogP contribution < -0.4 is 4.90 Å². The van der Waals surface area contributed by atoms with Crippen molar-refractivity contribution in [1.82, 2.24) is 9.88 Å². The van der Waals surface area contributed by atoms with E-state index in [0.717, 1.165) is 38.8 Å². The summed E-state index contributed by atoms with van der Waals surface area (Å²) in [5.74, 6) is 1.71. The summed E-state index contributed by atoms with van der Waals surface area (Å²) < 4.78 is 0. The molecule has 4 rings (SSSR count). The van der Waals surface area contributed by atoms with Crippen LogP contribution >= 0.6 is 0 Å². The van der Waals surface area contributed by atoms with Crippen LogP contribution in [0.15, 0.2) is 24.3 Å². The Kier molecular flexibility index (Phi) is 5.53. The summed E-state index contributed by atoms with van der Waals surface area (Å²) in [4.78, 5) is 32.2. The lowest BCUT2D eigenvalue weighted by atomic mass is 9.92. The van der Waals surface area contributed by atoms with Crippen molar-refractivity contribution in [3.63, 3.8) is 0 Å². The van der Waals surface area contributed by atoms with E-state index >= 15 is 0 Å². The highest BCUT2D eigenvalue weighted by molar-refractivity contribution is 5.88. The lowest BCUT2D eigenvalue weighted by Gasteiger charge is -2.37. The topological polar surface area (TPSA) is 103 Å². The molecule has 0 radical (unpaired) electrons. The first-order chi connectivity index (χ1) is 14.5. The van der Waals surface area contributed by atoms with Gasteiger partial charge in [-0.25, -0.2) is 4.98 Å². The zero-order valence-electron chi connectivity index (χ0n) is 17.1. The van der Waals surface area contributed by atoms with Crippen LogP contribution in [0.1, 0.15) is 38.2 Å². The van der Waals surface area contributed by atoms with E-state index in [4.69, 9.17) is 0 Å². The number of nitro groups is 1. The zero-order valence-corrected chi connectivity index (χ0v) is 17.1. The minimum atomic E-state index is -0.473. The van der Waals surface area contributed by atoms with E-state index in [1.54, 1.807) is 12.1 Å². The van der Waals surface area contributed by atoms with Crippen LogP contribution in [-0.4, -0.2) is 46.9 Å². The number of pyridine rings is 1. The molecule has 2 aromatic rings. The SMILES string of the molecule is CC1CCN(C(=O)C2CCN(c3cc(C#N)c4cc([N+](=O)[O-])ccc4n3)CC2)CC1. The number of nitriles is 1. The van der Waals surface area contributed by atoms with Gasteiger partial charge in [0.1, 0.15) is 5.82 Å². The highest BCUT2D eigenvalue weighted by Crippen LogP contribution is 2.29. The fourth-order valence-corrected chi connectivity index (χ4v) is 4.41. The lowest BCUT2D eigenvalue weighted by Crippen LogP contribution is -2.45. The molecule has 1 aromatic carbocycles. The minimum Gasteiger partial charge on any atom is -0.357 e. The molecule has 2 saturated heterocycles. The number of carbonyl (C=O) groups excluding carboxylic acids is 1. The Balaban J connectivity index is 1.48. The second kappa shape index (κ2) is 8.27. The molecule has 0 saturated carbocycles. The number of non-ortho nitro benzene ring substituents is 1. The summed E-state index contributed by atoms with van der Waals surface area (Å²) >= 11 is 0. The van der Waals surface area contributed by atoms with Crippen molar-refractivity contribution in [1.29, 1.82) is 5.26 Å². The van der Waals surface area contributed by atoms with Crippen LogP contribution in [0.4, 0.5) is 11.5 Å². The van der Waals surface area contributed by atoms with E-state index in [9.17, 15) is 20.2 Å². The first kappa shape index (κ1) is 20.1. The number of nitrogens with zero attached hydrogens (tertiary/aromatic N) is 5. The largest absolute Gasteiger partial charge is 0.357 e. The molecule has 1 amide bonds. The second-order valence-corrected chi connectivity index (χ2v) is 8.37. The van der Waals surface area contributed by atoms with Gasteiger partial charge in [0.15, 0.2) is 0 Å². The molecule has 8 nitrogen and oxygen atoms in total. The van der Waals surface area contributed by atoms with Gasteiger partial charge in [0.05, 0.1) is 22.1 Å². The number of amides is 1. The number of likely N-dealkylation sites (tertiary alicyclic amines) is 1. The summed E-state index contributed by atoms with van der Waals surface area (Å²) in [6, 6.07) is 8.23. The van der Waals surface area contributed by atoms with E-state index in [1.807, 2.05) is 4.90 Å². The predicted octanol–water partition coefficient (Wildman–Crippen LogP) is 3.49. The number of fused-ring (bicyclic) bond motifs is 1. The van der Waals surface area contributed by atoms with Crippen molar-refractivity contribution >= 4 is 28.3 Å². The monoisotopic (exact) mass is 407 g/mol. The zero-order chi connectivity index (χ0) is 21.3. The van der Waals surface area contributed by atoms with Crippen molar-refractivity contribution in [2.75, 3.05) is 31.1 Å². The van der Waals surface area contributed by atoms with Gasteiger partial charge >= 0.3 is 0 Å². The number of rotatable bonds is 3. The fraction of sp³-hybridized carbons (Fsp3) is 0.500. The Labute approximate surface area is 175 Å². The lowest BCUT2D eigenvalue weighted by molar-refractivity contribution is -0.384. The third-order valence-corrected chi connectivity index (χ3v) is 6.37. The normalized spacial score (nSPS) is 18.4. The first-order valence-electron chi connectivity index (χ1n) is 10.5. The summed E-state index contributed by atoms with van der Waals surface area (Å²) in [6.45, 7) is 5.38. The van der Waals surface area contributed by atoms with Crippen molar-refractivity contribution in [3.05, 3.63) is 39.9 Å². The molecule has 0 spiro atoms. The molecule has 156 valence electrons. The van der Waals surface area contributed by atoms with E-state index in [2.05, 4.69) is 22.9 Å². The highest BCUT2D eigenvalue weighted by Gasteiger charge is 2.30. The molecule has 2 aliphatic heterocycles. The van der Waals surface area contributed by atoms with E-state index < -0.39 is 4.92 Å². The Morgan fingerprint density at radius 1 is 1.17 bits per heavy atom. The number of carbonyl (C=O) groups is 1. The maximum Gasteiger partial charge on any atom is 0.270 e. The van der Waals surface area contributed by atoms with Gasteiger partial charge in [0.25, 0.3) is 5.69 Å². The molecule has 2 fully saturated rings. The average Bonchev–Trinajstić information content (AvgIpc) is 2.78. The smallest absolute Gasteiger partial charge is 0.270 e. The number of hydrogen-bond donors (Lipinski definition) is 0. The van der Waals surface area contributed by atoms with Crippen molar-refractivity contribution in [3.8, 4) is 6.07 Å². The molecule has 0 bridgehead atoms. The summed E-state index contributed by atoms with van der Waals surface area (Å²) in [6.07, 6.45) is 3.71. The molecule has 0 N–H and O–H groups in total. The van der Waals surface area contributed by atoms with E-state index in [1.165, 1.54) is 12.1 Å². The third-order valence-electron chi connectivity index (χ3n) is 6.37. The van der Waals surface area contributed by atoms with Crippen molar-refractivity contribution < 1.29 is 9.72 Å². The van der Waals surface area contributed by atoms with Gasteiger partial charge in [0.2, 0.25) is 5.91 Å². The number of anilines is 1. The van der Waals surface area contributed by atoms with Gasteiger partial charge in [-0.1, -0.05) is 6.92 Å². The second-order valence-electron chi connectivity index (χ2n) is 8.37. The molecule has 30 heavy (non-hydrogen) atoms. The van der Waals surface area contributed by atoms with E-state index in [-0.39, 0.29) is 17.5 Å². The van der Waals surface area contributed by atoms with Crippen LogP contribution in [0.3, 0.4) is 0 Å². The molecular weight excluding hydrogens is 382 g/mol. The number of benzene rings is 1. The van der Waals surface area contributed by atoms with Crippen LogP contribution in [0.5, 0.6) is 0 Å². The van der Waals surface area contributed by atoms with Gasteiger partial charge in [-0.2, -0.15) is 5.26 Å². The molecule has 2 aliphatic rings. The summed E-state index contributed by atoms with van der Waals surface area (Å²) in [5.41, 5.74) is 0.884. The van der Waals surface area contributed by atoms with Gasteiger partial charge in [-0.3, -0.25) is 14.9 Å². The molecule has 1 aromatic heterocycles. The van der Waals surface area contributed by atoms with Crippen LogP contribution in [0.2, 0.25) is 0 Å². The van der Waals surface area contributed by atoms with Gasteiger partial charge in [0, 0.05) is 49.6 Å². The molecular formula is C22H25N5O3. The predicted molar refractivity (Wildman–Crippen MR) is 113 cm³/mol. The Bertz CT molecular complexity index is 1020. The van der Waals surface area contributed by atoms with Crippen LogP contribution in [-0.2, 0) is 4.79 Å². The number of hydrogen-bond acceptors (Lipinski definition) is 6. The summed E-state index contributed by atoms with van der Waals surface area (Å²) in [7, 11) is 0. The first-order valence-corrected chi connectivity index (χ1v) is 10.5. The van der Waals surface area contributed by atoms with Crippen molar-refractivity contribution in [2.24, 2.45) is 11.8 Å². The average molecular weight is 407 g/mol. The van der Waals surface area contributed by atoms with E-state index in [0.29, 0.717) is 41.3 Å². The van der Waals surface area contributed by atoms with Gasteiger partial charge in [-0.05, 0) is 43.7 Å². The maximum atomic E-state index is 12.9.